The zero-order valence-electron chi connectivity index (χ0n) is 20.7. The minimum atomic E-state index is -0.512. The summed E-state index contributed by atoms with van der Waals surface area (Å²) in [5, 5.41) is 27.6. The molecule has 2 aromatic carbocycles. The second kappa shape index (κ2) is 10.4. The molecule has 1 aliphatic rings. The van der Waals surface area contributed by atoms with Crippen LogP contribution in [0.3, 0.4) is 0 Å². The van der Waals surface area contributed by atoms with Crippen LogP contribution >= 0.6 is 0 Å². The zero-order valence-corrected chi connectivity index (χ0v) is 20.7. The lowest BCUT2D eigenvalue weighted by molar-refractivity contribution is 0.0706. The number of phenols is 1. The summed E-state index contributed by atoms with van der Waals surface area (Å²) in [6.07, 6.45) is 0.927. The number of aromatic hydroxyl groups is 1. The van der Waals surface area contributed by atoms with E-state index in [-0.39, 0.29) is 24.8 Å². The van der Waals surface area contributed by atoms with Gasteiger partial charge >= 0.3 is 0 Å². The number of phenolic OH excluding ortho intramolecular Hbond substituents is 1. The fourth-order valence-electron chi connectivity index (χ4n) is 4.41. The standard InChI is InChI=1S/C27H33N3O5/c1-5-34-22-15-18(7-9-21(22)35-13-10-16(2)3)26-23-24(19-14-17(4)6-8-20(19)32)28-29-25(23)27(33)30(26)11-12-31/h6-9,14-16,26,31-32H,5,10-13H2,1-4H3,(H,28,29)/t26-/m0/s1. The monoisotopic (exact) mass is 479 g/mol. The smallest absolute Gasteiger partial charge is 0.273 e. The molecule has 0 radical (unpaired) electrons. The number of carbonyl (C=O) groups excluding carboxylic acids is 1. The lowest BCUT2D eigenvalue weighted by atomic mass is 9.95. The van der Waals surface area contributed by atoms with Crippen molar-refractivity contribution < 1.29 is 24.5 Å². The number of β-amino-alcohol motifs (C(OH)–C–C–N with tert-alkyl or cyclic N) is 1. The van der Waals surface area contributed by atoms with Crippen LogP contribution in [-0.4, -0.2) is 57.6 Å². The van der Waals surface area contributed by atoms with Gasteiger partial charge in [0.15, 0.2) is 11.5 Å². The minimum absolute atomic E-state index is 0.0839. The van der Waals surface area contributed by atoms with Crippen molar-refractivity contribution >= 4 is 5.91 Å². The second-order valence-corrected chi connectivity index (χ2v) is 9.18. The van der Waals surface area contributed by atoms with Crippen LogP contribution in [0.1, 0.15) is 60.4 Å². The zero-order chi connectivity index (χ0) is 25.1. The number of nitrogens with one attached hydrogen (secondary N) is 1. The average Bonchev–Trinajstić information content (AvgIpc) is 3.36. The molecule has 3 N–H and O–H groups in total. The molecule has 0 saturated heterocycles. The quantitative estimate of drug-likeness (QED) is 0.396. The minimum Gasteiger partial charge on any atom is -0.507 e. The van der Waals surface area contributed by atoms with Crippen LogP contribution in [0.15, 0.2) is 36.4 Å². The predicted octanol–water partition coefficient (Wildman–Crippen LogP) is 4.45. The van der Waals surface area contributed by atoms with E-state index >= 15 is 0 Å². The molecule has 3 aromatic rings. The summed E-state index contributed by atoms with van der Waals surface area (Å²) in [5.41, 5.74) is 3.85. The third kappa shape index (κ3) is 4.84. The van der Waals surface area contributed by atoms with Crippen molar-refractivity contribution in [3.05, 3.63) is 58.8 Å². The summed E-state index contributed by atoms with van der Waals surface area (Å²) < 4.78 is 11.9. The Morgan fingerprint density at radius 3 is 2.66 bits per heavy atom. The molecule has 1 amide bonds. The molecule has 0 saturated carbocycles. The maximum atomic E-state index is 13.3. The van der Waals surface area contributed by atoms with Crippen molar-refractivity contribution in [1.82, 2.24) is 15.1 Å². The summed E-state index contributed by atoms with van der Waals surface area (Å²) in [5.74, 6) is 1.61. The van der Waals surface area contributed by atoms with Gasteiger partial charge < -0.3 is 24.6 Å². The normalized spacial score (nSPS) is 15.1. The fraction of sp³-hybridized carbons (Fsp3) is 0.407. The van der Waals surface area contributed by atoms with Gasteiger partial charge in [-0.15, -0.1) is 0 Å². The Kier molecular flexibility index (Phi) is 7.31. The Hall–Kier alpha value is -3.52. The molecule has 0 unspecified atom stereocenters. The highest BCUT2D eigenvalue weighted by atomic mass is 16.5. The first-order valence-corrected chi connectivity index (χ1v) is 12.0. The van der Waals surface area contributed by atoms with Crippen molar-refractivity contribution in [2.24, 2.45) is 5.92 Å². The number of amides is 1. The largest absolute Gasteiger partial charge is 0.507 e. The Labute approximate surface area is 205 Å². The summed E-state index contributed by atoms with van der Waals surface area (Å²) in [4.78, 5) is 14.9. The molecule has 8 nitrogen and oxygen atoms in total. The molecule has 0 fully saturated rings. The molecule has 1 atom stereocenters. The van der Waals surface area contributed by atoms with Gasteiger partial charge in [-0.2, -0.15) is 5.10 Å². The summed E-state index contributed by atoms with van der Waals surface area (Å²) in [6, 6.07) is 10.4. The number of nitrogens with zero attached hydrogens (tertiary/aromatic N) is 2. The number of carbonyl (C=O) groups is 1. The number of H-pyrrole nitrogens is 1. The van der Waals surface area contributed by atoms with Crippen molar-refractivity contribution in [2.75, 3.05) is 26.4 Å². The number of ether oxygens (including phenoxy) is 2. The highest BCUT2D eigenvalue weighted by Gasteiger charge is 2.42. The third-order valence-corrected chi connectivity index (χ3v) is 6.15. The van der Waals surface area contributed by atoms with E-state index in [0.717, 1.165) is 17.5 Å². The molecular formula is C27H33N3O5. The Morgan fingerprint density at radius 1 is 1.14 bits per heavy atom. The van der Waals surface area contributed by atoms with Crippen molar-refractivity contribution in [1.29, 1.82) is 0 Å². The molecule has 0 spiro atoms. The maximum Gasteiger partial charge on any atom is 0.273 e. The Morgan fingerprint density at radius 2 is 1.94 bits per heavy atom. The van der Waals surface area contributed by atoms with Crippen LogP contribution in [-0.2, 0) is 0 Å². The van der Waals surface area contributed by atoms with Gasteiger partial charge in [0.25, 0.3) is 5.91 Å². The number of benzene rings is 2. The van der Waals surface area contributed by atoms with Crippen LogP contribution in [0.5, 0.6) is 17.2 Å². The van der Waals surface area contributed by atoms with E-state index in [9.17, 15) is 15.0 Å². The first kappa shape index (κ1) is 24.6. The van der Waals surface area contributed by atoms with Crippen LogP contribution in [0.2, 0.25) is 0 Å². The topological polar surface area (TPSA) is 108 Å². The first-order chi connectivity index (χ1) is 16.8. The molecule has 1 aliphatic heterocycles. The van der Waals surface area contributed by atoms with E-state index in [1.165, 1.54) is 0 Å². The molecule has 0 bridgehead atoms. The number of aryl methyl sites for hydroxylation is 1. The molecule has 186 valence electrons. The summed E-state index contributed by atoms with van der Waals surface area (Å²) >= 11 is 0. The Bertz CT molecular complexity index is 1200. The van der Waals surface area contributed by atoms with Gasteiger partial charge in [0.1, 0.15) is 17.1 Å². The predicted molar refractivity (Wildman–Crippen MR) is 133 cm³/mol. The van der Waals surface area contributed by atoms with Gasteiger partial charge in [0, 0.05) is 17.7 Å². The van der Waals surface area contributed by atoms with Crippen molar-refractivity contribution in [3.63, 3.8) is 0 Å². The number of aromatic nitrogens is 2. The molecule has 4 rings (SSSR count). The fourth-order valence-corrected chi connectivity index (χ4v) is 4.41. The number of rotatable bonds is 10. The van der Waals surface area contributed by atoms with Gasteiger partial charge in [-0.1, -0.05) is 31.5 Å². The molecule has 2 heterocycles. The van der Waals surface area contributed by atoms with E-state index in [0.29, 0.717) is 53.1 Å². The SMILES string of the molecule is CCOc1cc([C@H]2c3c(-c4cc(C)ccc4O)n[nH]c3C(=O)N2CCO)ccc1OCCC(C)C. The van der Waals surface area contributed by atoms with Crippen LogP contribution in [0, 0.1) is 12.8 Å². The molecule has 35 heavy (non-hydrogen) atoms. The number of aromatic amines is 1. The van der Waals surface area contributed by atoms with E-state index < -0.39 is 6.04 Å². The van der Waals surface area contributed by atoms with Crippen LogP contribution in [0.25, 0.3) is 11.3 Å². The number of hydrogen-bond acceptors (Lipinski definition) is 6. The van der Waals surface area contributed by atoms with E-state index in [4.69, 9.17) is 9.47 Å². The van der Waals surface area contributed by atoms with Gasteiger partial charge in [0.2, 0.25) is 0 Å². The Balaban J connectivity index is 1.80. The third-order valence-electron chi connectivity index (χ3n) is 6.15. The number of hydrogen-bond donors (Lipinski definition) is 3. The lowest BCUT2D eigenvalue weighted by Crippen LogP contribution is -2.32. The summed E-state index contributed by atoms with van der Waals surface area (Å²) in [6.45, 7) is 9.16. The number of fused-ring (bicyclic) bond motifs is 1. The molecule has 8 heteroatoms. The van der Waals surface area contributed by atoms with E-state index in [1.807, 2.05) is 44.2 Å². The average molecular weight is 480 g/mol. The second-order valence-electron chi connectivity index (χ2n) is 9.18. The van der Waals surface area contributed by atoms with Gasteiger partial charge in [-0.3, -0.25) is 9.89 Å². The van der Waals surface area contributed by atoms with Crippen LogP contribution < -0.4 is 9.47 Å². The van der Waals surface area contributed by atoms with Gasteiger partial charge in [-0.25, -0.2) is 0 Å². The van der Waals surface area contributed by atoms with E-state index in [2.05, 4.69) is 24.0 Å². The molecule has 0 aliphatic carbocycles. The van der Waals surface area contributed by atoms with Crippen molar-refractivity contribution in [3.8, 4) is 28.5 Å². The van der Waals surface area contributed by atoms with Crippen LogP contribution in [0.4, 0.5) is 0 Å². The lowest BCUT2D eigenvalue weighted by Gasteiger charge is -2.26. The van der Waals surface area contributed by atoms with Gasteiger partial charge in [-0.05, 0) is 56.0 Å². The molecular weight excluding hydrogens is 446 g/mol. The molecule has 1 aromatic heterocycles. The van der Waals surface area contributed by atoms with Gasteiger partial charge in [0.05, 0.1) is 25.9 Å². The highest BCUT2D eigenvalue weighted by molar-refractivity contribution is 6.00. The van der Waals surface area contributed by atoms with Crippen molar-refractivity contribution in [2.45, 2.75) is 40.2 Å². The maximum absolute atomic E-state index is 13.3. The number of aliphatic hydroxyl groups is 1. The first-order valence-electron chi connectivity index (χ1n) is 12.0. The van der Waals surface area contributed by atoms with E-state index in [1.54, 1.807) is 11.0 Å². The summed E-state index contributed by atoms with van der Waals surface area (Å²) in [7, 11) is 0. The highest BCUT2D eigenvalue weighted by Crippen LogP contribution is 2.46. The number of aliphatic hydroxyl groups excluding tert-OH is 1.